The van der Waals surface area contributed by atoms with Crippen molar-refractivity contribution in [2.45, 2.75) is 62.3 Å². The van der Waals surface area contributed by atoms with E-state index in [1.165, 1.54) is 4.31 Å². The van der Waals surface area contributed by atoms with Crippen molar-refractivity contribution < 1.29 is 18.0 Å². The minimum Gasteiger partial charge on any atom is -0.356 e. The molecule has 1 heterocycles. The molecule has 1 aromatic carbocycles. The highest BCUT2D eigenvalue weighted by Gasteiger charge is 2.28. The second-order valence-electron chi connectivity index (χ2n) is 7.93. The summed E-state index contributed by atoms with van der Waals surface area (Å²) in [5, 5.41) is 5.97. The maximum Gasteiger partial charge on any atom is 0.243 e. The van der Waals surface area contributed by atoms with Gasteiger partial charge in [-0.3, -0.25) is 9.59 Å². The van der Waals surface area contributed by atoms with E-state index in [-0.39, 0.29) is 41.6 Å². The van der Waals surface area contributed by atoms with Gasteiger partial charge in [0.05, 0.1) is 4.90 Å². The van der Waals surface area contributed by atoms with Gasteiger partial charge in [-0.15, -0.1) is 0 Å². The minimum atomic E-state index is -3.67. The van der Waals surface area contributed by atoms with Crippen LogP contribution < -0.4 is 10.6 Å². The molecule has 1 saturated heterocycles. The zero-order chi connectivity index (χ0) is 20.7. The Hall–Kier alpha value is -1.93. The van der Waals surface area contributed by atoms with Gasteiger partial charge in [0, 0.05) is 38.0 Å². The second kappa shape index (κ2) is 10.2. The van der Waals surface area contributed by atoms with E-state index < -0.39 is 10.0 Å². The molecular formula is C21H31N3O4S. The van der Waals surface area contributed by atoms with E-state index >= 15 is 0 Å². The van der Waals surface area contributed by atoms with Gasteiger partial charge >= 0.3 is 0 Å². The van der Waals surface area contributed by atoms with Crippen molar-refractivity contribution in [1.82, 2.24) is 14.9 Å². The molecule has 1 aromatic rings. The van der Waals surface area contributed by atoms with E-state index in [9.17, 15) is 18.0 Å². The molecule has 0 radical (unpaired) electrons. The predicted octanol–water partition coefficient (Wildman–Crippen LogP) is 2.04. The normalized spacial score (nSPS) is 23.2. The van der Waals surface area contributed by atoms with E-state index in [0.717, 1.165) is 25.7 Å². The predicted molar refractivity (Wildman–Crippen MR) is 111 cm³/mol. The van der Waals surface area contributed by atoms with Crippen LogP contribution in [0.5, 0.6) is 0 Å². The molecule has 0 aromatic heterocycles. The molecule has 2 fully saturated rings. The second-order valence-corrected chi connectivity index (χ2v) is 9.87. The van der Waals surface area contributed by atoms with Crippen LogP contribution in [0.25, 0.3) is 0 Å². The number of carbonyl (C=O) groups excluding carboxylic acids is 2. The van der Waals surface area contributed by atoms with Crippen molar-refractivity contribution in [3.63, 3.8) is 0 Å². The van der Waals surface area contributed by atoms with Crippen LogP contribution >= 0.6 is 0 Å². The average molecular weight is 422 g/mol. The summed E-state index contributed by atoms with van der Waals surface area (Å²) < 4.78 is 27.4. The Morgan fingerprint density at radius 1 is 1.00 bits per heavy atom. The molecular weight excluding hydrogens is 390 g/mol. The van der Waals surface area contributed by atoms with Gasteiger partial charge in [-0.1, -0.05) is 31.0 Å². The first kappa shape index (κ1) is 21.8. The summed E-state index contributed by atoms with van der Waals surface area (Å²) >= 11 is 0. The number of hydrogen-bond acceptors (Lipinski definition) is 4. The minimum absolute atomic E-state index is 0.0304. The van der Waals surface area contributed by atoms with Crippen LogP contribution in [0.2, 0.25) is 0 Å². The maximum atomic E-state index is 13.0. The molecule has 1 unspecified atom stereocenters. The molecule has 29 heavy (non-hydrogen) atoms. The van der Waals surface area contributed by atoms with E-state index in [2.05, 4.69) is 10.6 Å². The Balaban J connectivity index is 1.68. The SMILES string of the molecule is O=C1CCN(S(=O)(=O)c2ccccc2)CCCC(C(=O)NC2CCCC2)CCN1. The highest BCUT2D eigenvalue weighted by molar-refractivity contribution is 7.89. The highest BCUT2D eigenvalue weighted by atomic mass is 32.2. The fourth-order valence-corrected chi connectivity index (χ4v) is 5.60. The van der Waals surface area contributed by atoms with Crippen LogP contribution in [0.1, 0.15) is 51.4 Å². The van der Waals surface area contributed by atoms with Crippen molar-refractivity contribution in [2.75, 3.05) is 19.6 Å². The first-order valence-electron chi connectivity index (χ1n) is 10.6. The topological polar surface area (TPSA) is 95.6 Å². The quantitative estimate of drug-likeness (QED) is 0.778. The highest BCUT2D eigenvalue weighted by Crippen LogP contribution is 2.21. The van der Waals surface area contributed by atoms with Crippen molar-refractivity contribution in [3.8, 4) is 0 Å². The zero-order valence-electron chi connectivity index (χ0n) is 16.8. The van der Waals surface area contributed by atoms with Gasteiger partial charge in [0.2, 0.25) is 21.8 Å². The molecule has 2 amide bonds. The molecule has 3 rings (SSSR count). The summed E-state index contributed by atoms with van der Waals surface area (Å²) in [6.45, 7) is 0.882. The van der Waals surface area contributed by atoms with E-state index in [4.69, 9.17) is 0 Å². The molecule has 1 aliphatic carbocycles. The van der Waals surface area contributed by atoms with Gasteiger partial charge in [0.1, 0.15) is 0 Å². The lowest BCUT2D eigenvalue weighted by Crippen LogP contribution is -2.39. The molecule has 1 saturated carbocycles. The molecule has 2 N–H and O–H groups in total. The average Bonchev–Trinajstić information content (AvgIpc) is 3.20. The number of rotatable bonds is 4. The lowest BCUT2D eigenvalue weighted by molar-refractivity contribution is -0.126. The number of carbonyl (C=O) groups is 2. The number of amides is 2. The molecule has 7 nitrogen and oxygen atoms in total. The summed E-state index contributed by atoms with van der Waals surface area (Å²) in [5.74, 6) is -0.367. The summed E-state index contributed by atoms with van der Waals surface area (Å²) in [5.41, 5.74) is 0. The Bertz CT molecular complexity index is 791. The first-order chi connectivity index (χ1) is 14.0. The van der Waals surface area contributed by atoms with Crippen LogP contribution in [0.15, 0.2) is 35.2 Å². The van der Waals surface area contributed by atoms with Gasteiger partial charge < -0.3 is 10.6 Å². The van der Waals surface area contributed by atoms with Gasteiger partial charge in [-0.25, -0.2) is 8.42 Å². The molecule has 8 heteroatoms. The monoisotopic (exact) mass is 421 g/mol. The number of nitrogens with one attached hydrogen (secondary N) is 2. The molecule has 0 bridgehead atoms. The van der Waals surface area contributed by atoms with Crippen LogP contribution in [-0.4, -0.2) is 50.2 Å². The number of benzene rings is 1. The van der Waals surface area contributed by atoms with E-state index in [0.29, 0.717) is 32.4 Å². The fourth-order valence-electron chi connectivity index (χ4n) is 4.10. The third kappa shape index (κ3) is 6.02. The molecule has 160 valence electrons. The standard InChI is InChI=1S/C21H31N3O4S/c25-20-13-16-24(29(27,28)19-10-2-1-3-11-19)15-6-7-17(12-14-22-20)21(26)23-18-8-4-5-9-18/h1-3,10-11,17-18H,4-9,12-16H2,(H,22,25)(H,23,26). The smallest absolute Gasteiger partial charge is 0.243 e. The van der Waals surface area contributed by atoms with Crippen molar-refractivity contribution in [1.29, 1.82) is 0 Å². The van der Waals surface area contributed by atoms with Crippen LogP contribution in [-0.2, 0) is 19.6 Å². The third-order valence-corrected chi connectivity index (χ3v) is 7.73. The summed E-state index contributed by atoms with van der Waals surface area (Å²) in [6, 6.07) is 8.54. The molecule has 1 atom stereocenters. The largest absolute Gasteiger partial charge is 0.356 e. The maximum absolute atomic E-state index is 13.0. The van der Waals surface area contributed by atoms with Crippen LogP contribution in [0.3, 0.4) is 0 Å². The lowest BCUT2D eigenvalue weighted by Gasteiger charge is -2.23. The number of nitrogens with zero attached hydrogens (tertiary/aromatic N) is 1. The molecule has 1 aliphatic heterocycles. The van der Waals surface area contributed by atoms with E-state index in [1.54, 1.807) is 30.3 Å². The fraction of sp³-hybridized carbons (Fsp3) is 0.619. The van der Waals surface area contributed by atoms with Crippen molar-refractivity contribution in [2.24, 2.45) is 5.92 Å². The van der Waals surface area contributed by atoms with Gasteiger partial charge in [0.15, 0.2) is 0 Å². The van der Waals surface area contributed by atoms with Crippen LogP contribution in [0.4, 0.5) is 0 Å². The van der Waals surface area contributed by atoms with Crippen molar-refractivity contribution in [3.05, 3.63) is 30.3 Å². The Morgan fingerprint density at radius 2 is 1.72 bits per heavy atom. The van der Waals surface area contributed by atoms with Gasteiger partial charge in [0.25, 0.3) is 0 Å². The number of sulfonamides is 1. The lowest BCUT2D eigenvalue weighted by atomic mass is 9.97. The van der Waals surface area contributed by atoms with Crippen molar-refractivity contribution >= 4 is 21.8 Å². The molecule has 0 spiro atoms. The first-order valence-corrected chi connectivity index (χ1v) is 12.0. The van der Waals surface area contributed by atoms with Gasteiger partial charge in [-0.2, -0.15) is 4.31 Å². The summed E-state index contributed by atoms with van der Waals surface area (Å²) in [7, 11) is -3.67. The Labute approximate surface area is 173 Å². The third-order valence-electron chi connectivity index (χ3n) is 5.82. The van der Waals surface area contributed by atoms with Gasteiger partial charge in [-0.05, 0) is 44.2 Å². The number of hydrogen-bond donors (Lipinski definition) is 2. The summed E-state index contributed by atoms with van der Waals surface area (Å²) in [6.07, 6.45) is 6.24. The zero-order valence-corrected chi connectivity index (χ0v) is 17.6. The molecule has 2 aliphatic rings. The van der Waals surface area contributed by atoms with Crippen LogP contribution in [0, 0.1) is 5.92 Å². The Kier molecular flexibility index (Phi) is 7.66. The summed E-state index contributed by atoms with van der Waals surface area (Å²) in [4.78, 5) is 25.1. The Morgan fingerprint density at radius 3 is 2.45 bits per heavy atom. The van der Waals surface area contributed by atoms with E-state index in [1.807, 2.05) is 0 Å².